The van der Waals surface area contributed by atoms with Gasteiger partial charge in [-0.3, -0.25) is 4.98 Å². The smallest absolute Gasteiger partial charge is 0.174 e. The molecule has 2 atom stereocenters. The van der Waals surface area contributed by atoms with Gasteiger partial charge in [-0.1, -0.05) is 17.7 Å². The molecule has 0 aliphatic carbocycles. The monoisotopic (exact) mass is 479 g/mol. The number of nitrogens with one attached hydrogen (secondary N) is 1. The summed E-state index contributed by atoms with van der Waals surface area (Å²) in [6.45, 7) is 0. The van der Waals surface area contributed by atoms with Crippen LogP contribution in [0.4, 0.5) is 10.1 Å². The summed E-state index contributed by atoms with van der Waals surface area (Å²) in [5, 5.41) is 4.38. The minimum atomic E-state index is -0.328. The number of thiocarbonyl (C=S) groups is 1. The molecule has 1 fully saturated rings. The van der Waals surface area contributed by atoms with Crippen LogP contribution < -0.4 is 15.0 Å². The number of pyridine rings is 1. The molecule has 1 N–H and O–H groups in total. The number of methoxy groups -OCH3 is 1. The van der Waals surface area contributed by atoms with E-state index in [9.17, 15) is 4.39 Å². The van der Waals surface area contributed by atoms with Gasteiger partial charge in [0.05, 0.1) is 23.9 Å². The van der Waals surface area contributed by atoms with Gasteiger partial charge in [-0.05, 0) is 78.9 Å². The van der Waals surface area contributed by atoms with Crippen molar-refractivity contribution in [2.24, 2.45) is 0 Å². The zero-order valence-corrected chi connectivity index (χ0v) is 19.1. The Kier molecular flexibility index (Phi) is 5.74. The molecule has 0 bridgehead atoms. The Morgan fingerprint density at radius 2 is 1.91 bits per heavy atom. The predicted molar refractivity (Wildman–Crippen MR) is 130 cm³/mol. The van der Waals surface area contributed by atoms with Crippen LogP contribution in [0.5, 0.6) is 5.75 Å². The number of anilines is 1. The van der Waals surface area contributed by atoms with Crippen molar-refractivity contribution >= 4 is 34.6 Å². The number of nitrogens with zero attached hydrogens (tertiary/aromatic N) is 2. The second-order valence-corrected chi connectivity index (χ2v) is 8.32. The molecule has 0 amide bonds. The van der Waals surface area contributed by atoms with E-state index in [2.05, 4.69) is 10.3 Å². The van der Waals surface area contributed by atoms with E-state index in [1.807, 2.05) is 47.4 Å². The number of benzene rings is 2. The van der Waals surface area contributed by atoms with Crippen molar-refractivity contribution in [1.29, 1.82) is 0 Å². The molecule has 2 aromatic carbocycles. The van der Waals surface area contributed by atoms with E-state index in [1.165, 1.54) is 12.1 Å². The minimum Gasteiger partial charge on any atom is -0.495 e. The molecule has 166 valence electrons. The van der Waals surface area contributed by atoms with Crippen molar-refractivity contribution in [3.8, 4) is 17.1 Å². The maximum absolute atomic E-state index is 13.4. The molecule has 2 aromatic heterocycles. The number of aromatic nitrogens is 1. The van der Waals surface area contributed by atoms with Crippen molar-refractivity contribution < 1.29 is 13.5 Å². The van der Waals surface area contributed by atoms with Gasteiger partial charge in [0.15, 0.2) is 5.11 Å². The highest BCUT2D eigenvalue weighted by Gasteiger charge is 2.42. The van der Waals surface area contributed by atoms with Gasteiger partial charge in [0.1, 0.15) is 29.1 Å². The van der Waals surface area contributed by atoms with E-state index in [1.54, 1.807) is 31.5 Å². The summed E-state index contributed by atoms with van der Waals surface area (Å²) in [6, 6.07) is 20.7. The largest absolute Gasteiger partial charge is 0.495 e. The lowest BCUT2D eigenvalue weighted by Gasteiger charge is -2.26. The van der Waals surface area contributed by atoms with Crippen LogP contribution in [0.2, 0.25) is 5.02 Å². The van der Waals surface area contributed by atoms with Gasteiger partial charge in [-0.2, -0.15) is 0 Å². The third-order valence-corrected chi connectivity index (χ3v) is 6.17. The summed E-state index contributed by atoms with van der Waals surface area (Å²) in [6.07, 6.45) is 1.75. The molecule has 0 saturated carbocycles. The average molecular weight is 480 g/mol. The van der Waals surface area contributed by atoms with Crippen LogP contribution in [-0.2, 0) is 0 Å². The topological polar surface area (TPSA) is 50.5 Å². The summed E-state index contributed by atoms with van der Waals surface area (Å²) in [7, 11) is 1.57. The van der Waals surface area contributed by atoms with Crippen LogP contribution in [0, 0.1) is 5.82 Å². The number of rotatable bonds is 5. The molecule has 33 heavy (non-hydrogen) atoms. The van der Waals surface area contributed by atoms with Crippen LogP contribution >= 0.6 is 23.8 Å². The number of hydrogen-bond acceptors (Lipinski definition) is 4. The highest BCUT2D eigenvalue weighted by atomic mass is 35.5. The van der Waals surface area contributed by atoms with Crippen LogP contribution in [-0.4, -0.2) is 17.2 Å². The second-order valence-electron chi connectivity index (χ2n) is 7.52. The lowest BCUT2D eigenvalue weighted by Crippen LogP contribution is -2.29. The highest BCUT2D eigenvalue weighted by molar-refractivity contribution is 7.80. The molecule has 1 saturated heterocycles. The molecule has 0 radical (unpaired) electrons. The average Bonchev–Trinajstić information content (AvgIpc) is 3.44. The first kappa shape index (κ1) is 21.4. The third kappa shape index (κ3) is 4.05. The van der Waals surface area contributed by atoms with E-state index in [-0.39, 0.29) is 17.9 Å². The van der Waals surface area contributed by atoms with E-state index in [0.717, 1.165) is 16.9 Å². The Hall–Kier alpha value is -3.42. The molecule has 8 heteroatoms. The molecule has 5 nitrogen and oxygen atoms in total. The molecule has 4 aromatic rings. The van der Waals surface area contributed by atoms with Crippen molar-refractivity contribution in [1.82, 2.24) is 10.3 Å². The first-order chi connectivity index (χ1) is 16.0. The van der Waals surface area contributed by atoms with E-state index in [4.69, 9.17) is 33.0 Å². The van der Waals surface area contributed by atoms with Crippen LogP contribution in [0.1, 0.15) is 23.5 Å². The maximum Gasteiger partial charge on any atom is 0.174 e. The molecule has 1 aliphatic heterocycles. The van der Waals surface area contributed by atoms with E-state index < -0.39 is 0 Å². The first-order valence-corrected chi connectivity index (χ1v) is 11.0. The SMILES string of the molecule is COc1ccc(N2C(=S)N[C@@H](c3ccccn3)[C@@H]2c2ccc(-c3ccc(F)cc3)o2)cc1Cl. The fourth-order valence-corrected chi connectivity index (χ4v) is 4.61. The van der Waals surface area contributed by atoms with Gasteiger partial charge in [0, 0.05) is 17.4 Å². The summed E-state index contributed by atoms with van der Waals surface area (Å²) in [4.78, 5) is 6.51. The Balaban J connectivity index is 1.59. The van der Waals surface area contributed by atoms with E-state index >= 15 is 0 Å². The van der Waals surface area contributed by atoms with Crippen molar-refractivity contribution in [2.45, 2.75) is 12.1 Å². The first-order valence-electron chi connectivity index (χ1n) is 10.2. The van der Waals surface area contributed by atoms with Gasteiger partial charge in [-0.15, -0.1) is 0 Å². The lowest BCUT2D eigenvalue weighted by molar-refractivity contribution is 0.415. The Morgan fingerprint density at radius 1 is 1.09 bits per heavy atom. The molecule has 0 unspecified atom stereocenters. The summed E-state index contributed by atoms with van der Waals surface area (Å²) in [5.74, 6) is 1.60. The summed E-state index contributed by atoms with van der Waals surface area (Å²) < 4.78 is 24.9. The van der Waals surface area contributed by atoms with Gasteiger partial charge in [0.25, 0.3) is 0 Å². The highest BCUT2D eigenvalue weighted by Crippen LogP contribution is 2.44. The third-order valence-electron chi connectivity index (χ3n) is 5.56. The molecular weight excluding hydrogens is 461 g/mol. The van der Waals surface area contributed by atoms with Crippen LogP contribution in [0.15, 0.2) is 83.4 Å². The number of ether oxygens (including phenoxy) is 1. The van der Waals surface area contributed by atoms with Crippen LogP contribution in [0.3, 0.4) is 0 Å². The zero-order chi connectivity index (χ0) is 22.9. The molecule has 1 aliphatic rings. The summed E-state index contributed by atoms with van der Waals surface area (Å²) >= 11 is 12.1. The summed E-state index contributed by atoms with van der Waals surface area (Å²) in [5.41, 5.74) is 2.40. The quantitative estimate of drug-likeness (QED) is 0.338. The standard InChI is InChI=1S/C25H19ClFN3O2S/c1-31-21-10-9-17(14-18(21)26)30-24(23(29-25(30)33)19-4-2-3-13-28-19)22-12-11-20(32-22)15-5-7-16(27)8-6-15/h2-14,23-24H,1H3,(H,29,33)/t23-,24-/m0/s1. The Bertz CT molecular complexity index is 1300. The predicted octanol–water partition coefficient (Wildman–Crippen LogP) is 6.32. The van der Waals surface area contributed by atoms with Crippen molar-refractivity contribution in [2.75, 3.05) is 12.0 Å². The van der Waals surface area contributed by atoms with Crippen LogP contribution in [0.25, 0.3) is 11.3 Å². The zero-order valence-electron chi connectivity index (χ0n) is 17.5. The normalized spacial score (nSPS) is 17.8. The Labute approximate surface area is 200 Å². The van der Waals surface area contributed by atoms with Gasteiger partial charge in [-0.25, -0.2) is 4.39 Å². The lowest BCUT2D eigenvalue weighted by atomic mass is 10.0. The fourth-order valence-electron chi connectivity index (χ4n) is 4.01. The van der Waals surface area contributed by atoms with Gasteiger partial charge >= 0.3 is 0 Å². The fraction of sp³-hybridized carbons (Fsp3) is 0.120. The molecule has 5 rings (SSSR count). The minimum absolute atomic E-state index is 0.258. The number of hydrogen-bond donors (Lipinski definition) is 1. The Morgan fingerprint density at radius 3 is 2.61 bits per heavy atom. The number of halogens is 2. The second kappa shape index (κ2) is 8.84. The molecule has 3 heterocycles. The van der Waals surface area contributed by atoms with Gasteiger partial charge in [0.2, 0.25) is 0 Å². The maximum atomic E-state index is 13.4. The van der Waals surface area contributed by atoms with Gasteiger partial charge < -0.3 is 19.4 Å². The van der Waals surface area contributed by atoms with Crippen molar-refractivity contribution in [3.05, 3.63) is 101 Å². The number of furan rings is 1. The molecule has 0 spiro atoms. The van der Waals surface area contributed by atoms with E-state index in [0.29, 0.717) is 27.4 Å². The van der Waals surface area contributed by atoms with Crippen molar-refractivity contribution in [3.63, 3.8) is 0 Å². The molecular formula is C25H19ClFN3O2S.